The molecular formula is C25H26N6. The van der Waals surface area contributed by atoms with E-state index in [0.29, 0.717) is 0 Å². The number of nitrogens with zero attached hydrogens (tertiary/aromatic N) is 4. The normalized spacial score (nSPS) is 11.8. The van der Waals surface area contributed by atoms with Crippen molar-refractivity contribution in [2.24, 2.45) is 0 Å². The lowest BCUT2D eigenvalue weighted by atomic mass is 10.0. The van der Waals surface area contributed by atoms with Crippen LogP contribution >= 0.6 is 0 Å². The van der Waals surface area contributed by atoms with E-state index in [9.17, 15) is 0 Å². The van der Waals surface area contributed by atoms with Gasteiger partial charge < -0.3 is 11.1 Å². The highest BCUT2D eigenvalue weighted by atomic mass is 14.9. The summed E-state index contributed by atoms with van der Waals surface area (Å²) >= 11 is 0. The van der Waals surface area contributed by atoms with Crippen LogP contribution in [0.3, 0.4) is 0 Å². The minimum Gasteiger partial charge on any atom is -0.398 e. The van der Waals surface area contributed by atoms with Crippen molar-refractivity contribution in [3.05, 3.63) is 45.5 Å². The van der Waals surface area contributed by atoms with Crippen molar-refractivity contribution in [2.75, 3.05) is 18.1 Å². The van der Waals surface area contributed by atoms with Gasteiger partial charge in [-0.15, -0.1) is 0 Å². The number of hydrogen-bond acceptors (Lipinski definition) is 6. The summed E-state index contributed by atoms with van der Waals surface area (Å²) in [6.07, 6.45) is 0. The third-order valence-electron chi connectivity index (χ3n) is 6.51. The molecule has 0 saturated heterocycles. The lowest BCUT2D eigenvalue weighted by Gasteiger charge is -2.16. The number of anilines is 2. The fourth-order valence-corrected chi connectivity index (χ4v) is 4.54. The number of benzene rings is 3. The summed E-state index contributed by atoms with van der Waals surface area (Å²) in [5, 5.41) is 3.27. The van der Waals surface area contributed by atoms with Crippen LogP contribution in [0, 0.1) is 41.5 Å². The van der Waals surface area contributed by atoms with E-state index in [1.54, 1.807) is 0 Å². The van der Waals surface area contributed by atoms with Crippen LogP contribution < -0.4 is 11.1 Å². The number of aryl methyl sites for hydroxylation is 6. The van der Waals surface area contributed by atoms with Gasteiger partial charge in [0.15, 0.2) is 0 Å². The highest BCUT2D eigenvalue weighted by Crippen LogP contribution is 2.35. The first-order valence-corrected chi connectivity index (χ1v) is 10.5. The number of rotatable bonds is 1. The van der Waals surface area contributed by atoms with Crippen LogP contribution in [0.2, 0.25) is 0 Å². The summed E-state index contributed by atoms with van der Waals surface area (Å²) in [7, 11) is 1.93. The zero-order chi connectivity index (χ0) is 22.2. The maximum Gasteiger partial charge on any atom is 0.0949 e. The van der Waals surface area contributed by atoms with E-state index in [0.717, 1.165) is 88.9 Å². The molecule has 3 N–H and O–H groups in total. The maximum atomic E-state index is 6.21. The number of nitrogens with two attached hydrogens (primary N) is 1. The van der Waals surface area contributed by atoms with Crippen LogP contribution in [-0.2, 0) is 0 Å². The highest BCUT2D eigenvalue weighted by Gasteiger charge is 2.19. The standard InChI is InChI=1S/C25H26N6/c1-10-8-16(26)12(3)20-18(10)28-22-14(5)23-25(15(6)24(22)30-20)31-21-13(4)17(27-7)9-11(2)19(21)29-23/h8-9,27H,26H2,1-7H3. The lowest BCUT2D eigenvalue weighted by Crippen LogP contribution is -2.03. The van der Waals surface area contributed by atoms with Crippen molar-refractivity contribution in [3.63, 3.8) is 0 Å². The zero-order valence-corrected chi connectivity index (χ0v) is 19.0. The fourth-order valence-electron chi connectivity index (χ4n) is 4.54. The number of nitrogen functional groups attached to an aromatic ring is 1. The fraction of sp³-hybridized carbons (Fsp3) is 0.280. The Kier molecular flexibility index (Phi) is 4.06. The Morgan fingerprint density at radius 2 is 0.935 bits per heavy atom. The van der Waals surface area contributed by atoms with Gasteiger partial charge in [0.25, 0.3) is 0 Å². The topological polar surface area (TPSA) is 89.6 Å². The average molecular weight is 411 g/mol. The molecule has 0 saturated carbocycles. The minimum atomic E-state index is 0.741. The van der Waals surface area contributed by atoms with E-state index in [-0.39, 0.29) is 0 Å². The first-order chi connectivity index (χ1) is 14.7. The third-order valence-corrected chi connectivity index (χ3v) is 6.51. The molecule has 0 amide bonds. The van der Waals surface area contributed by atoms with Crippen molar-refractivity contribution < 1.29 is 0 Å². The predicted octanol–water partition coefficient (Wildman–Crippen LogP) is 5.35. The van der Waals surface area contributed by atoms with Gasteiger partial charge in [0.05, 0.1) is 44.1 Å². The molecule has 0 aliphatic rings. The molecule has 0 atom stereocenters. The van der Waals surface area contributed by atoms with Crippen molar-refractivity contribution in [2.45, 2.75) is 41.5 Å². The van der Waals surface area contributed by atoms with Gasteiger partial charge in [0, 0.05) is 35.1 Å². The minimum absolute atomic E-state index is 0.741. The molecule has 0 bridgehead atoms. The van der Waals surface area contributed by atoms with Crippen LogP contribution in [0.5, 0.6) is 0 Å². The molecule has 3 aromatic carbocycles. The summed E-state index contributed by atoms with van der Waals surface area (Å²) < 4.78 is 0. The Morgan fingerprint density at radius 3 is 1.42 bits per heavy atom. The number of aromatic nitrogens is 4. The van der Waals surface area contributed by atoms with Gasteiger partial charge >= 0.3 is 0 Å². The molecule has 6 nitrogen and oxygen atoms in total. The molecule has 0 aliphatic heterocycles. The maximum absolute atomic E-state index is 6.21. The summed E-state index contributed by atoms with van der Waals surface area (Å²) in [5.74, 6) is 0. The molecule has 156 valence electrons. The van der Waals surface area contributed by atoms with Gasteiger partial charge in [-0.2, -0.15) is 0 Å². The molecule has 2 heterocycles. The lowest BCUT2D eigenvalue weighted by molar-refractivity contribution is 1.26. The molecule has 0 aliphatic carbocycles. The Balaban J connectivity index is 2.01. The van der Waals surface area contributed by atoms with Gasteiger partial charge in [-0.1, -0.05) is 0 Å². The first-order valence-electron chi connectivity index (χ1n) is 10.5. The van der Waals surface area contributed by atoms with Crippen molar-refractivity contribution in [1.82, 2.24) is 19.9 Å². The quantitative estimate of drug-likeness (QED) is 0.286. The molecule has 5 aromatic rings. The van der Waals surface area contributed by atoms with E-state index in [4.69, 9.17) is 25.7 Å². The summed E-state index contributed by atoms with van der Waals surface area (Å²) in [4.78, 5) is 20.3. The molecule has 31 heavy (non-hydrogen) atoms. The van der Waals surface area contributed by atoms with E-state index < -0.39 is 0 Å². The van der Waals surface area contributed by atoms with Gasteiger partial charge in [-0.25, -0.2) is 19.9 Å². The van der Waals surface area contributed by atoms with E-state index in [2.05, 4.69) is 39.1 Å². The Hall–Kier alpha value is -3.54. The second kappa shape index (κ2) is 6.48. The zero-order valence-electron chi connectivity index (χ0n) is 19.0. The van der Waals surface area contributed by atoms with Gasteiger partial charge in [0.1, 0.15) is 0 Å². The first kappa shape index (κ1) is 19.4. The predicted molar refractivity (Wildman–Crippen MR) is 130 cm³/mol. The molecule has 0 radical (unpaired) electrons. The monoisotopic (exact) mass is 410 g/mol. The van der Waals surface area contributed by atoms with Crippen LogP contribution in [0.25, 0.3) is 44.1 Å². The summed E-state index contributed by atoms with van der Waals surface area (Å²) in [6.45, 7) is 12.3. The molecule has 0 unspecified atom stereocenters. The van der Waals surface area contributed by atoms with Crippen molar-refractivity contribution >= 4 is 55.5 Å². The van der Waals surface area contributed by atoms with Crippen LogP contribution in [0.15, 0.2) is 12.1 Å². The molecule has 0 spiro atoms. The van der Waals surface area contributed by atoms with Crippen LogP contribution in [0.1, 0.15) is 33.4 Å². The second-order valence-corrected chi connectivity index (χ2v) is 8.51. The highest BCUT2D eigenvalue weighted by molar-refractivity contribution is 6.05. The van der Waals surface area contributed by atoms with E-state index in [1.807, 2.05) is 27.0 Å². The smallest absolute Gasteiger partial charge is 0.0949 e. The Labute approximate surface area is 180 Å². The van der Waals surface area contributed by atoms with Crippen molar-refractivity contribution in [1.29, 1.82) is 0 Å². The van der Waals surface area contributed by atoms with Crippen LogP contribution in [0.4, 0.5) is 11.4 Å². The Bertz CT molecular complexity index is 1580. The molecule has 0 fully saturated rings. The van der Waals surface area contributed by atoms with Gasteiger partial charge in [-0.05, 0) is 70.4 Å². The number of fused-ring (bicyclic) bond motifs is 4. The number of hydrogen-bond donors (Lipinski definition) is 2. The third kappa shape index (κ3) is 2.57. The van der Waals surface area contributed by atoms with E-state index >= 15 is 0 Å². The molecular weight excluding hydrogens is 384 g/mol. The molecule has 2 aromatic heterocycles. The largest absolute Gasteiger partial charge is 0.398 e. The number of nitrogens with one attached hydrogen (secondary N) is 1. The Morgan fingerprint density at radius 1 is 0.548 bits per heavy atom. The SMILES string of the molecule is CNc1cc(C)c2nc3c(C)c4nc5c(C)cc(N)c(C)c5nc4c(C)c3nc2c1C. The summed E-state index contributed by atoms with van der Waals surface area (Å²) in [5.41, 5.74) is 21.3. The molecule has 6 heteroatoms. The second-order valence-electron chi connectivity index (χ2n) is 8.51. The van der Waals surface area contributed by atoms with Crippen molar-refractivity contribution in [3.8, 4) is 0 Å². The van der Waals surface area contributed by atoms with E-state index in [1.165, 1.54) is 0 Å². The average Bonchev–Trinajstić information content (AvgIpc) is 2.76. The summed E-state index contributed by atoms with van der Waals surface area (Å²) in [6, 6.07) is 4.10. The van der Waals surface area contributed by atoms with Gasteiger partial charge in [-0.3, -0.25) is 0 Å². The van der Waals surface area contributed by atoms with Crippen LogP contribution in [-0.4, -0.2) is 27.0 Å². The molecule has 5 rings (SSSR count). The van der Waals surface area contributed by atoms with Gasteiger partial charge in [0.2, 0.25) is 0 Å².